The topological polar surface area (TPSA) is 56.9 Å². The summed E-state index contributed by atoms with van der Waals surface area (Å²) in [6.07, 6.45) is 1.95. The smallest absolute Gasteiger partial charge is 0.391 e. The number of halogens is 3. The summed E-state index contributed by atoms with van der Waals surface area (Å²) < 4.78 is 40.6. The van der Waals surface area contributed by atoms with Gasteiger partial charge < -0.3 is 5.11 Å². The molecule has 0 aliphatic carbocycles. The van der Waals surface area contributed by atoms with Crippen LogP contribution in [0.1, 0.15) is 56.6 Å². The standard InChI is InChI=1S/C22H27F3N2OS3/c1-2-3-4-5-6-7-10-29-14-16(28)15-31-21-17(13-26)18(22(23,24)25)12-19(27-21)20-9-8-11-30-20/h8-9,11-12,16,28H,2-7,10,14-15H2,1H3. The summed E-state index contributed by atoms with van der Waals surface area (Å²) >= 11 is 3.95. The van der Waals surface area contributed by atoms with Crippen molar-refractivity contribution in [2.24, 2.45) is 0 Å². The number of unbranched alkanes of at least 4 members (excludes halogenated alkanes) is 5. The van der Waals surface area contributed by atoms with Gasteiger partial charge in [-0.3, -0.25) is 0 Å². The Labute approximate surface area is 194 Å². The average molecular weight is 489 g/mol. The molecular weight excluding hydrogens is 461 g/mol. The van der Waals surface area contributed by atoms with Crippen molar-refractivity contribution in [3.8, 4) is 16.6 Å². The molecule has 0 saturated carbocycles. The van der Waals surface area contributed by atoms with Gasteiger partial charge in [0.2, 0.25) is 0 Å². The molecule has 3 nitrogen and oxygen atoms in total. The zero-order chi connectivity index (χ0) is 22.7. The first kappa shape index (κ1) is 26.0. The highest BCUT2D eigenvalue weighted by atomic mass is 32.2. The number of aliphatic hydroxyl groups is 1. The van der Waals surface area contributed by atoms with E-state index in [0.717, 1.165) is 30.0 Å². The van der Waals surface area contributed by atoms with E-state index < -0.39 is 23.4 Å². The Balaban J connectivity index is 1.96. The van der Waals surface area contributed by atoms with Crippen molar-refractivity contribution in [3.63, 3.8) is 0 Å². The van der Waals surface area contributed by atoms with Crippen LogP contribution < -0.4 is 0 Å². The highest BCUT2D eigenvalue weighted by molar-refractivity contribution is 8.00. The second-order valence-electron chi connectivity index (χ2n) is 7.13. The lowest BCUT2D eigenvalue weighted by Crippen LogP contribution is -2.15. The first-order valence-electron chi connectivity index (χ1n) is 10.3. The number of pyridine rings is 1. The van der Waals surface area contributed by atoms with E-state index in [1.54, 1.807) is 35.3 Å². The third-order valence-electron chi connectivity index (χ3n) is 4.54. The lowest BCUT2D eigenvalue weighted by molar-refractivity contribution is -0.138. The van der Waals surface area contributed by atoms with Crippen molar-refractivity contribution in [2.45, 2.75) is 62.8 Å². The predicted molar refractivity (Wildman–Crippen MR) is 125 cm³/mol. The molecule has 0 bridgehead atoms. The van der Waals surface area contributed by atoms with Crippen LogP contribution in [-0.4, -0.2) is 33.5 Å². The summed E-state index contributed by atoms with van der Waals surface area (Å²) in [7, 11) is 0. The number of hydrogen-bond donors (Lipinski definition) is 1. The molecule has 1 N–H and O–H groups in total. The summed E-state index contributed by atoms with van der Waals surface area (Å²) in [6, 6.07) is 6.03. The summed E-state index contributed by atoms with van der Waals surface area (Å²) in [6.45, 7) is 2.19. The van der Waals surface area contributed by atoms with E-state index in [1.165, 1.54) is 43.4 Å². The first-order chi connectivity index (χ1) is 14.9. The van der Waals surface area contributed by atoms with E-state index in [2.05, 4.69) is 11.9 Å². The minimum atomic E-state index is -4.65. The molecule has 0 radical (unpaired) electrons. The predicted octanol–water partition coefficient (Wildman–Crippen LogP) is 7.25. The number of thiophene rings is 1. The highest BCUT2D eigenvalue weighted by Crippen LogP contribution is 2.38. The largest absolute Gasteiger partial charge is 0.417 e. The SMILES string of the molecule is CCCCCCCCSCC(O)CSc1nc(-c2cccs2)cc(C(F)(F)F)c1C#N. The first-order valence-corrected chi connectivity index (χ1v) is 13.3. The minimum absolute atomic E-state index is 0.0145. The summed E-state index contributed by atoms with van der Waals surface area (Å²) in [5.41, 5.74) is -1.27. The summed E-state index contributed by atoms with van der Waals surface area (Å²) in [5.74, 6) is 1.67. The molecule has 0 aliphatic rings. The summed E-state index contributed by atoms with van der Waals surface area (Å²) in [4.78, 5) is 4.91. The lowest BCUT2D eigenvalue weighted by atomic mass is 10.1. The van der Waals surface area contributed by atoms with Crippen LogP contribution in [0.3, 0.4) is 0 Å². The Morgan fingerprint density at radius 1 is 1.19 bits per heavy atom. The summed E-state index contributed by atoms with van der Waals surface area (Å²) in [5, 5.41) is 21.4. The van der Waals surface area contributed by atoms with Gasteiger partial charge in [-0.2, -0.15) is 30.2 Å². The maximum Gasteiger partial charge on any atom is 0.417 e. The molecule has 1 unspecified atom stereocenters. The second kappa shape index (κ2) is 13.4. The van der Waals surface area contributed by atoms with E-state index in [9.17, 15) is 23.5 Å². The maximum absolute atomic E-state index is 13.5. The lowest BCUT2D eigenvalue weighted by Gasteiger charge is -2.15. The van der Waals surface area contributed by atoms with Crippen molar-refractivity contribution in [1.29, 1.82) is 5.26 Å². The molecule has 9 heteroatoms. The number of aromatic nitrogens is 1. The van der Waals surface area contributed by atoms with E-state index in [1.807, 2.05) is 0 Å². The monoisotopic (exact) mass is 488 g/mol. The van der Waals surface area contributed by atoms with Crippen LogP contribution in [0, 0.1) is 11.3 Å². The van der Waals surface area contributed by atoms with Gasteiger partial charge in [0.1, 0.15) is 11.1 Å². The molecule has 0 aromatic carbocycles. The number of nitriles is 1. The van der Waals surface area contributed by atoms with Gasteiger partial charge in [0.15, 0.2) is 0 Å². The molecule has 170 valence electrons. The Kier molecular flexibility index (Phi) is 11.2. The van der Waals surface area contributed by atoms with Crippen LogP contribution in [0.25, 0.3) is 10.6 Å². The van der Waals surface area contributed by atoms with Crippen molar-refractivity contribution in [3.05, 3.63) is 34.7 Å². The fourth-order valence-corrected chi connectivity index (χ4v) is 5.67. The van der Waals surface area contributed by atoms with Gasteiger partial charge in [-0.25, -0.2) is 4.98 Å². The van der Waals surface area contributed by atoms with Gasteiger partial charge in [0, 0.05) is 11.5 Å². The van der Waals surface area contributed by atoms with Gasteiger partial charge in [-0.05, 0) is 29.7 Å². The van der Waals surface area contributed by atoms with Gasteiger partial charge in [-0.15, -0.1) is 23.1 Å². The normalized spacial score (nSPS) is 12.6. The van der Waals surface area contributed by atoms with Gasteiger partial charge in [0.05, 0.1) is 27.8 Å². The van der Waals surface area contributed by atoms with Crippen LogP contribution >= 0.6 is 34.9 Å². The molecule has 0 amide bonds. The van der Waals surface area contributed by atoms with Crippen molar-refractivity contribution >= 4 is 34.9 Å². The number of alkyl halides is 3. The molecule has 31 heavy (non-hydrogen) atoms. The molecule has 2 aromatic heterocycles. The van der Waals surface area contributed by atoms with Crippen molar-refractivity contribution in [2.75, 3.05) is 17.3 Å². The molecule has 2 heterocycles. The minimum Gasteiger partial charge on any atom is -0.391 e. The fourth-order valence-electron chi connectivity index (χ4n) is 2.94. The van der Waals surface area contributed by atoms with Gasteiger partial charge in [-0.1, -0.05) is 45.1 Å². The molecule has 0 saturated heterocycles. The highest BCUT2D eigenvalue weighted by Gasteiger charge is 2.36. The van der Waals surface area contributed by atoms with Crippen LogP contribution in [0.15, 0.2) is 28.6 Å². The molecule has 2 aromatic rings. The molecule has 0 spiro atoms. The molecule has 1 atom stereocenters. The quantitative estimate of drug-likeness (QED) is 0.238. The van der Waals surface area contributed by atoms with Gasteiger partial charge >= 0.3 is 6.18 Å². The number of nitrogens with zero attached hydrogens (tertiary/aromatic N) is 2. The third kappa shape index (κ3) is 8.68. The zero-order valence-electron chi connectivity index (χ0n) is 17.5. The number of thioether (sulfide) groups is 2. The Hall–Kier alpha value is -1.21. The zero-order valence-corrected chi connectivity index (χ0v) is 19.9. The van der Waals surface area contributed by atoms with Crippen molar-refractivity contribution in [1.82, 2.24) is 4.98 Å². The number of aliphatic hydroxyl groups excluding tert-OH is 1. The van der Waals surface area contributed by atoms with Crippen LogP contribution in [-0.2, 0) is 6.18 Å². The number of hydrogen-bond acceptors (Lipinski definition) is 6. The van der Waals surface area contributed by atoms with Crippen LogP contribution in [0.4, 0.5) is 13.2 Å². The number of rotatable bonds is 13. The van der Waals surface area contributed by atoms with Crippen LogP contribution in [0.5, 0.6) is 0 Å². The molecule has 0 fully saturated rings. The van der Waals surface area contributed by atoms with E-state index in [0.29, 0.717) is 10.6 Å². The molecule has 2 rings (SSSR count). The second-order valence-corrected chi connectivity index (χ2v) is 10.2. The van der Waals surface area contributed by atoms with E-state index >= 15 is 0 Å². The molecular formula is C22H27F3N2OS3. The van der Waals surface area contributed by atoms with Crippen molar-refractivity contribution < 1.29 is 18.3 Å². The average Bonchev–Trinajstić information content (AvgIpc) is 3.27. The van der Waals surface area contributed by atoms with Crippen LogP contribution in [0.2, 0.25) is 0 Å². The van der Waals surface area contributed by atoms with Gasteiger partial charge in [0.25, 0.3) is 0 Å². The van der Waals surface area contributed by atoms with E-state index in [4.69, 9.17) is 0 Å². The Bertz CT molecular complexity index is 836. The fraction of sp³-hybridized carbons (Fsp3) is 0.545. The third-order valence-corrected chi connectivity index (χ3v) is 7.75. The van der Waals surface area contributed by atoms with E-state index in [-0.39, 0.29) is 16.5 Å². The Morgan fingerprint density at radius 3 is 2.58 bits per heavy atom. The Morgan fingerprint density at radius 2 is 1.94 bits per heavy atom. The maximum atomic E-state index is 13.5. The molecule has 0 aliphatic heterocycles.